The molecule has 3 N–H and O–H groups in total. The van der Waals surface area contributed by atoms with Crippen molar-refractivity contribution >= 4 is 17.6 Å². The zero-order chi connectivity index (χ0) is 19.1. The van der Waals surface area contributed by atoms with Gasteiger partial charge in [0.15, 0.2) is 0 Å². The normalized spacial score (nSPS) is 15.9. The summed E-state index contributed by atoms with van der Waals surface area (Å²) >= 11 is 0. The number of amides is 1. The van der Waals surface area contributed by atoms with Crippen molar-refractivity contribution in [2.75, 3.05) is 5.32 Å². The molecule has 0 spiro atoms. The second-order valence-corrected chi connectivity index (χ2v) is 6.35. The molecule has 2 aromatic carbocycles. The summed E-state index contributed by atoms with van der Waals surface area (Å²) in [7, 11) is 0. The third-order valence-electron chi connectivity index (χ3n) is 4.64. The van der Waals surface area contributed by atoms with Gasteiger partial charge in [0.25, 0.3) is 0 Å². The average molecular weight is 366 g/mol. The van der Waals surface area contributed by atoms with Crippen LogP contribution in [0.1, 0.15) is 34.0 Å². The molecule has 1 atom stereocenters. The van der Waals surface area contributed by atoms with Gasteiger partial charge in [-0.1, -0.05) is 12.1 Å². The van der Waals surface area contributed by atoms with E-state index in [9.17, 15) is 24.2 Å². The fraction of sp³-hybridized carbons (Fsp3) is 0.100. The van der Waals surface area contributed by atoms with Gasteiger partial charge in [-0.3, -0.25) is 4.79 Å². The minimum atomic E-state index is -1.18. The summed E-state index contributed by atoms with van der Waals surface area (Å²) in [5.41, 5.74) is 2.00. The number of carbonyl (C=O) groups is 2. The molecule has 7 heteroatoms. The molecule has 0 saturated heterocycles. The van der Waals surface area contributed by atoms with Crippen LogP contribution in [-0.2, 0) is 4.79 Å². The summed E-state index contributed by atoms with van der Waals surface area (Å²) in [6.45, 7) is 0. The molecule has 0 radical (unpaired) electrons. The van der Waals surface area contributed by atoms with Crippen molar-refractivity contribution in [3.8, 4) is 11.4 Å². The summed E-state index contributed by atoms with van der Waals surface area (Å²) in [5.74, 6) is -2.30. The first-order valence-electron chi connectivity index (χ1n) is 8.27. The number of phenolic OH excluding ortho intramolecular Hbond substituents is 1. The summed E-state index contributed by atoms with van der Waals surface area (Å²) in [6, 6.07) is 12.2. The van der Waals surface area contributed by atoms with E-state index < -0.39 is 17.7 Å². The Bertz CT molecular complexity index is 1060. The minimum Gasteiger partial charge on any atom is -0.508 e. The fourth-order valence-corrected chi connectivity index (χ4v) is 3.46. The van der Waals surface area contributed by atoms with Crippen LogP contribution in [0.5, 0.6) is 5.75 Å². The standard InChI is InChI=1S/C20H15FN2O4/c21-12-4-6-13(7-5-12)23-10-16(20(26)27)18-19(23)15(9-17(25)22-18)11-2-1-3-14(24)8-11/h1-8,10,15,24H,9H2,(H,22,25)(H,26,27). The Morgan fingerprint density at radius 3 is 2.59 bits per heavy atom. The lowest BCUT2D eigenvalue weighted by Crippen LogP contribution is -2.25. The summed E-state index contributed by atoms with van der Waals surface area (Å²) in [5, 5.41) is 22.0. The number of aromatic hydroxyl groups is 1. The van der Waals surface area contributed by atoms with Crippen molar-refractivity contribution < 1.29 is 24.2 Å². The van der Waals surface area contributed by atoms with Gasteiger partial charge in [0, 0.05) is 24.2 Å². The Hall–Kier alpha value is -3.61. The van der Waals surface area contributed by atoms with E-state index in [1.807, 2.05) is 0 Å². The first-order valence-corrected chi connectivity index (χ1v) is 8.27. The molecule has 136 valence electrons. The third kappa shape index (κ3) is 2.93. The highest BCUT2D eigenvalue weighted by Crippen LogP contribution is 2.42. The van der Waals surface area contributed by atoms with Crippen LogP contribution in [0.2, 0.25) is 0 Å². The molecular formula is C20H15FN2O4. The van der Waals surface area contributed by atoms with E-state index in [1.165, 1.54) is 36.5 Å². The van der Waals surface area contributed by atoms with Crippen LogP contribution in [0.25, 0.3) is 5.69 Å². The van der Waals surface area contributed by atoms with E-state index in [4.69, 9.17) is 0 Å². The Morgan fingerprint density at radius 2 is 1.93 bits per heavy atom. The maximum absolute atomic E-state index is 13.3. The van der Waals surface area contributed by atoms with Gasteiger partial charge >= 0.3 is 5.97 Å². The highest BCUT2D eigenvalue weighted by Gasteiger charge is 2.34. The highest BCUT2D eigenvalue weighted by molar-refractivity contribution is 6.04. The lowest BCUT2D eigenvalue weighted by Gasteiger charge is -2.26. The number of halogens is 1. The van der Waals surface area contributed by atoms with E-state index in [1.54, 1.807) is 22.8 Å². The molecule has 1 amide bonds. The molecule has 3 aromatic rings. The molecule has 0 fully saturated rings. The second-order valence-electron chi connectivity index (χ2n) is 6.35. The molecule has 6 nitrogen and oxygen atoms in total. The van der Waals surface area contributed by atoms with Gasteiger partial charge in [0.2, 0.25) is 5.91 Å². The van der Waals surface area contributed by atoms with Crippen LogP contribution in [-0.4, -0.2) is 26.7 Å². The Morgan fingerprint density at radius 1 is 1.19 bits per heavy atom. The van der Waals surface area contributed by atoms with E-state index in [2.05, 4.69) is 5.32 Å². The topological polar surface area (TPSA) is 91.6 Å². The zero-order valence-electron chi connectivity index (χ0n) is 14.0. The van der Waals surface area contributed by atoms with Crippen molar-refractivity contribution in [3.05, 3.63) is 77.4 Å². The van der Waals surface area contributed by atoms with Crippen molar-refractivity contribution in [1.82, 2.24) is 4.57 Å². The third-order valence-corrected chi connectivity index (χ3v) is 4.64. The van der Waals surface area contributed by atoms with Crippen molar-refractivity contribution in [2.45, 2.75) is 12.3 Å². The molecule has 27 heavy (non-hydrogen) atoms. The van der Waals surface area contributed by atoms with Crippen molar-refractivity contribution in [3.63, 3.8) is 0 Å². The quantitative estimate of drug-likeness (QED) is 0.662. The molecule has 1 aliphatic rings. The van der Waals surface area contributed by atoms with Crippen molar-refractivity contribution in [2.24, 2.45) is 0 Å². The number of phenols is 1. The van der Waals surface area contributed by atoms with Crippen LogP contribution in [0, 0.1) is 5.82 Å². The molecule has 1 unspecified atom stereocenters. The second kappa shape index (κ2) is 6.28. The number of anilines is 1. The van der Waals surface area contributed by atoms with Gasteiger partial charge < -0.3 is 20.1 Å². The SMILES string of the molecule is O=C1CC(c2cccc(O)c2)c2c(c(C(=O)O)cn2-c2ccc(F)cc2)N1. The number of nitrogens with one attached hydrogen (secondary N) is 1. The van der Waals surface area contributed by atoms with Crippen molar-refractivity contribution in [1.29, 1.82) is 0 Å². The summed E-state index contributed by atoms with van der Waals surface area (Å²) in [4.78, 5) is 23.9. The molecule has 1 aliphatic heterocycles. The van der Waals surface area contributed by atoms with Gasteiger partial charge in [-0.25, -0.2) is 9.18 Å². The number of aromatic carboxylic acids is 1. The Labute approximate surface area is 153 Å². The number of hydrogen-bond donors (Lipinski definition) is 3. The maximum Gasteiger partial charge on any atom is 0.339 e. The number of rotatable bonds is 3. The van der Waals surface area contributed by atoms with Gasteiger partial charge in [-0.15, -0.1) is 0 Å². The maximum atomic E-state index is 13.3. The van der Waals surface area contributed by atoms with E-state index in [0.717, 1.165) is 0 Å². The Kier molecular flexibility index (Phi) is 3.92. The number of carboxylic acids is 1. The van der Waals surface area contributed by atoms with Gasteiger partial charge in [-0.2, -0.15) is 0 Å². The van der Waals surface area contributed by atoms with Crippen LogP contribution >= 0.6 is 0 Å². The highest BCUT2D eigenvalue weighted by atomic mass is 19.1. The minimum absolute atomic E-state index is 0.0486. The Balaban J connectivity index is 1.97. The molecular weight excluding hydrogens is 351 g/mol. The van der Waals surface area contributed by atoms with Crippen LogP contribution in [0.3, 0.4) is 0 Å². The molecule has 4 rings (SSSR count). The van der Waals surface area contributed by atoms with Crippen LogP contribution in [0.4, 0.5) is 10.1 Å². The molecule has 1 aromatic heterocycles. The molecule has 0 saturated carbocycles. The predicted molar refractivity (Wildman–Crippen MR) is 95.9 cm³/mol. The van der Waals surface area contributed by atoms with E-state index in [0.29, 0.717) is 16.9 Å². The van der Waals surface area contributed by atoms with Gasteiger partial charge in [0.1, 0.15) is 17.1 Å². The number of carboxylic acid groups (broad SMARTS) is 1. The number of aromatic nitrogens is 1. The van der Waals surface area contributed by atoms with E-state index >= 15 is 0 Å². The summed E-state index contributed by atoms with van der Waals surface area (Å²) in [6.07, 6.45) is 1.52. The molecule has 0 aliphatic carbocycles. The number of benzene rings is 2. The smallest absolute Gasteiger partial charge is 0.339 e. The number of fused-ring (bicyclic) bond motifs is 1. The largest absolute Gasteiger partial charge is 0.508 e. The average Bonchev–Trinajstić information content (AvgIpc) is 3.01. The number of carbonyl (C=O) groups excluding carboxylic acids is 1. The fourth-order valence-electron chi connectivity index (χ4n) is 3.46. The zero-order valence-corrected chi connectivity index (χ0v) is 14.0. The van der Waals surface area contributed by atoms with Crippen LogP contribution < -0.4 is 5.32 Å². The van der Waals surface area contributed by atoms with Crippen LogP contribution in [0.15, 0.2) is 54.7 Å². The van der Waals surface area contributed by atoms with E-state index in [-0.39, 0.29) is 29.3 Å². The first kappa shape index (κ1) is 16.8. The lowest BCUT2D eigenvalue weighted by molar-refractivity contribution is -0.116. The lowest BCUT2D eigenvalue weighted by atomic mass is 9.88. The first-order chi connectivity index (χ1) is 12.9. The summed E-state index contributed by atoms with van der Waals surface area (Å²) < 4.78 is 15.0. The number of hydrogen-bond acceptors (Lipinski definition) is 3. The molecule has 2 heterocycles. The number of nitrogens with zero attached hydrogens (tertiary/aromatic N) is 1. The molecule has 0 bridgehead atoms. The predicted octanol–water partition coefficient (Wildman–Crippen LogP) is 3.49. The van der Waals surface area contributed by atoms with Gasteiger partial charge in [0.05, 0.1) is 11.4 Å². The van der Waals surface area contributed by atoms with Gasteiger partial charge in [-0.05, 0) is 42.0 Å². The monoisotopic (exact) mass is 366 g/mol.